The highest BCUT2D eigenvalue weighted by Gasteiger charge is 2.20. The van der Waals surface area contributed by atoms with Crippen LogP contribution in [0.2, 0.25) is 5.02 Å². The third-order valence-corrected chi connectivity index (χ3v) is 3.42. The van der Waals surface area contributed by atoms with Gasteiger partial charge in [-0.3, -0.25) is 4.79 Å². The lowest BCUT2D eigenvalue weighted by atomic mass is 10.1. The number of hydrogen-bond donors (Lipinski definition) is 1. The first-order chi connectivity index (χ1) is 9.01. The molecule has 1 atom stereocenters. The molecule has 5 heteroatoms. The molecule has 1 aromatic rings. The van der Waals surface area contributed by atoms with Crippen LogP contribution in [0.1, 0.15) is 30.6 Å². The molecule has 19 heavy (non-hydrogen) atoms. The normalized spacial score (nSPS) is 12.2. The molecule has 0 aliphatic carbocycles. The fourth-order valence-electron chi connectivity index (χ4n) is 1.74. The Labute approximate surface area is 118 Å². The molecule has 0 saturated carbocycles. The number of benzene rings is 1. The molecule has 0 aromatic heterocycles. The maximum atomic E-state index is 12.4. The highest BCUT2D eigenvalue weighted by atomic mass is 35.5. The molecule has 0 bridgehead atoms. The number of carbonyl (C=O) groups is 1. The molecule has 0 fully saturated rings. The van der Waals surface area contributed by atoms with E-state index >= 15 is 0 Å². The van der Waals surface area contributed by atoms with Gasteiger partial charge in [0.2, 0.25) is 0 Å². The Balaban J connectivity index is 2.94. The van der Waals surface area contributed by atoms with Crippen LogP contribution in [0.3, 0.4) is 0 Å². The maximum Gasteiger partial charge on any atom is 0.254 e. The molecule has 1 N–H and O–H groups in total. The quantitative estimate of drug-likeness (QED) is 0.874. The number of carbonyl (C=O) groups excluding carboxylic acids is 1. The predicted octanol–water partition coefficient (Wildman–Crippen LogP) is 2.93. The second-order valence-corrected chi connectivity index (χ2v) is 4.82. The van der Waals surface area contributed by atoms with E-state index < -0.39 is 0 Å². The second kappa shape index (κ2) is 7.36. The van der Waals surface area contributed by atoms with Crippen LogP contribution in [-0.4, -0.2) is 42.2 Å². The number of amides is 1. The van der Waals surface area contributed by atoms with Crippen molar-refractivity contribution < 1.29 is 14.6 Å². The summed E-state index contributed by atoms with van der Waals surface area (Å²) < 4.78 is 5.04. The first kappa shape index (κ1) is 15.8. The average molecular weight is 286 g/mol. The Morgan fingerprint density at radius 3 is 2.74 bits per heavy atom. The molecule has 1 amide bonds. The van der Waals surface area contributed by atoms with Crippen molar-refractivity contribution in [2.75, 3.05) is 20.3 Å². The van der Waals surface area contributed by atoms with E-state index in [0.717, 1.165) is 6.42 Å². The molecular formula is C14H20ClNO3. The van der Waals surface area contributed by atoms with Gasteiger partial charge in [-0.2, -0.15) is 0 Å². The summed E-state index contributed by atoms with van der Waals surface area (Å²) in [7, 11) is 1.61. The van der Waals surface area contributed by atoms with E-state index in [-0.39, 0.29) is 22.7 Å². The summed E-state index contributed by atoms with van der Waals surface area (Å²) in [6.45, 7) is 5.04. The van der Waals surface area contributed by atoms with Crippen LogP contribution in [0.4, 0.5) is 0 Å². The van der Waals surface area contributed by atoms with Crippen molar-refractivity contribution in [2.24, 2.45) is 0 Å². The minimum absolute atomic E-state index is 0.0230. The molecule has 0 aliphatic rings. The van der Waals surface area contributed by atoms with Gasteiger partial charge in [0.15, 0.2) is 0 Å². The lowest BCUT2D eigenvalue weighted by Crippen LogP contribution is -2.40. The number of hydrogen-bond acceptors (Lipinski definition) is 3. The number of ether oxygens (including phenoxy) is 1. The van der Waals surface area contributed by atoms with Crippen molar-refractivity contribution in [3.8, 4) is 5.75 Å². The van der Waals surface area contributed by atoms with Crippen LogP contribution in [0, 0.1) is 0 Å². The average Bonchev–Trinajstić information content (AvgIpc) is 2.41. The molecule has 1 rings (SSSR count). The van der Waals surface area contributed by atoms with E-state index in [9.17, 15) is 9.90 Å². The zero-order valence-corrected chi connectivity index (χ0v) is 12.3. The van der Waals surface area contributed by atoms with E-state index in [0.29, 0.717) is 18.7 Å². The largest absolute Gasteiger partial charge is 0.506 e. The summed E-state index contributed by atoms with van der Waals surface area (Å²) in [4.78, 5) is 14.2. The lowest BCUT2D eigenvalue weighted by molar-refractivity contribution is 0.0614. The fourth-order valence-corrected chi connectivity index (χ4v) is 1.92. The predicted molar refractivity (Wildman–Crippen MR) is 75.8 cm³/mol. The van der Waals surface area contributed by atoms with Gasteiger partial charge in [0.05, 0.1) is 11.6 Å². The van der Waals surface area contributed by atoms with Gasteiger partial charge in [-0.25, -0.2) is 0 Å². The van der Waals surface area contributed by atoms with Gasteiger partial charge in [0.25, 0.3) is 5.91 Å². The van der Waals surface area contributed by atoms with Crippen molar-refractivity contribution in [1.82, 2.24) is 4.90 Å². The number of phenolic OH excluding ortho intramolecular Hbond substituents is 1. The summed E-state index contributed by atoms with van der Waals surface area (Å²) in [5.74, 6) is -0.126. The van der Waals surface area contributed by atoms with Crippen LogP contribution in [0.25, 0.3) is 0 Å². The Morgan fingerprint density at radius 2 is 2.21 bits per heavy atom. The summed E-state index contributed by atoms with van der Waals surface area (Å²) in [6, 6.07) is 4.61. The van der Waals surface area contributed by atoms with Gasteiger partial charge in [0, 0.05) is 25.3 Å². The molecule has 0 radical (unpaired) electrons. The monoisotopic (exact) mass is 285 g/mol. The van der Waals surface area contributed by atoms with E-state index in [4.69, 9.17) is 16.3 Å². The van der Waals surface area contributed by atoms with Crippen LogP contribution in [0.15, 0.2) is 18.2 Å². The van der Waals surface area contributed by atoms with E-state index in [1.807, 2.05) is 13.8 Å². The third kappa shape index (κ3) is 4.11. The minimum Gasteiger partial charge on any atom is -0.506 e. The van der Waals surface area contributed by atoms with Gasteiger partial charge < -0.3 is 14.7 Å². The first-order valence-electron chi connectivity index (χ1n) is 6.29. The smallest absolute Gasteiger partial charge is 0.254 e. The van der Waals surface area contributed by atoms with Crippen LogP contribution >= 0.6 is 11.6 Å². The molecule has 0 spiro atoms. The SMILES string of the molecule is CCC(C)N(CCOC)C(=O)c1ccc(O)c(Cl)c1. The Kier molecular flexibility index (Phi) is 6.12. The minimum atomic E-state index is -0.103. The Bertz CT molecular complexity index is 437. The number of methoxy groups -OCH3 is 1. The summed E-state index contributed by atoms with van der Waals surface area (Å²) in [6.07, 6.45) is 0.862. The van der Waals surface area contributed by atoms with Gasteiger partial charge >= 0.3 is 0 Å². The lowest BCUT2D eigenvalue weighted by Gasteiger charge is -2.28. The van der Waals surface area contributed by atoms with Gasteiger partial charge in [-0.1, -0.05) is 18.5 Å². The zero-order valence-electron chi connectivity index (χ0n) is 11.5. The molecule has 1 unspecified atom stereocenters. The molecule has 0 aliphatic heterocycles. The van der Waals surface area contributed by atoms with Gasteiger partial charge in [-0.05, 0) is 31.5 Å². The molecule has 4 nitrogen and oxygen atoms in total. The van der Waals surface area contributed by atoms with Gasteiger partial charge in [0.1, 0.15) is 5.75 Å². The molecular weight excluding hydrogens is 266 g/mol. The number of nitrogens with zero attached hydrogens (tertiary/aromatic N) is 1. The first-order valence-corrected chi connectivity index (χ1v) is 6.67. The van der Waals surface area contributed by atoms with Crippen molar-refractivity contribution in [1.29, 1.82) is 0 Å². The number of halogens is 1. The standard InChI is InChI=1S/C14H20ClNO3/c1-4-10(2)16(7-8-19-3)14(18)11-5-6-13(17)12(15)9-11/h5-6,9-10,17H,4,7-8H2,1-3H3. The molecule has 0 heterocycles. The van der Waals surface area contributed by atoms with Crippen LogP contribution in [0.5, 0.6) is 5.75 Å². The van der Waals surface area contributed by atoms with Gasteiger partial charge in [-0.15, -0.1) is 0 Å². The number of phenols is 1. The Hall–Kier alpha value is -1.26. The number of aromatic hydroxyl groups is 1. The van der Waals surface area contributed by atoms with Crippen LogP contribution in [-0.2, 0) is 4.74 Å². The van der Waals surface area contributed by atoms with E-state index in [2.05, 4.69) is 0 Å². The zero-order chi connectivity index (χ0) is 14.4. The van der Waals surface area contributed by atoms with Crippen molar-refractivity contribution in [3.63, 3.8) is 0 Å². The highest BCUT2D eigenvalue weighted by molar-refractivity contribution is 6.32. The molecule has 0 saturated heterocycles. The van der Waals surface area contributed by atoms with Crippen molar-refractivity contribution >= 4 is 17.5 Å². The van der Waals surface area contributed by atoms with Crippen LogP contribution < -0.4 is 0 Å². The van der Waals surface area contributed by atoms with E-state index in [1.54, 1.807) is 18.1 Å². The molecule has 1 aromatic carbocycles. The highest BCUT2D eigenvalue weighted by Crippen LogP contribution is 2.24. The number of rotatable bonds is 6. The molecule has 106 valence electrons. The summed E-state index contributed by atoms with van der Waals surface area (Å²) >= 11 is 5.83. The topological polar surface area (TPSA) is 49.8 Å². The van der Waals surface area contributed by atoms with Crippen molar-refractivity contribution in [3.05, 3.63) is 28.8 Å². The van der Waals surface area contributed by atoms with Crippen molar-refractivity contribution in [2.45, 2.75) is 26.3 Å². The third-order valence-electron chi connectivity index (χ3n) is 3.11. The van der Waals surface area contributed by atoms with E-state index in [1.165, 1.54) is 12.1 Å². The second-order valence-electron chi connectivity index (χ2n) is 4.41. The summed E-state index contributed by atoms with van der Waals surface area (Å²) in [5, 5.41) is 9.57. The fraction of sp³-hybridized carbons (Fsp3) is 0.500. The summed E-state index contributed by atoms with van der Waals surface area (Å²) in [5.41, 5.74) is 0.471. The Morgan fingerprint density at radius 1 is 1.53 bits per heavy atom. The maximum absolute atomic E-state index is 12.4.